The van der Waals surface area contributed by atoms with E-state index in [2.05, 4.69) is 5.16 Å². The van der Waals surface area contributed by atoms with E-state index in [1.165, 1.54) is 6.07 Å². The average molecular weight is 301 g/mol. The second kappa shape index (κ2) is 5.83. The second-order valence-electron chi connectivity index (χ2n) is 5.26. The fourth-order valence-electron chi connectivity index (χ4n) is 2.77. The average Bonchev–Trinajstić information content (AvgIpc) is 2.98. The summed E-state index contributed by atoms with van der Waals surface area (Å²) in [5.41, 5.74) is 5.38. The number of halogens is 3. The Labute approximate surface area is 121 Å². The Bertz CT molecular complexity index is 537. The van der Waals surface area contributed by atoms with Crippen LogP contribution in [0.5, 0.6) is 0 Å². The van der Waals surface area contributed by atoms with Crippen molar-refractivity contribution in [3.05, 3.63) is 29.3 Å². The number of anilines is 1. The molecule has 21 heavy (non-hydrogen) atoms. The van der Waals surface area contributed by atoms with Crippen LogP contribution in [-0.2, 0) is 6.18 Å². The number of amidine groups is 1. The van der Waals surface area contributed by atoms with Gasteiger partial charge in [0.25, 0.3) is 0 Å². The molecule has 3 N–H and O–H groups in total. The van der Waals surface area contributed by atoms with Crippen LogP contribution in [0.15, 0.2) is 23.4 Å². The van der Waals surface area contributed by atoms with Gasteiger partial charge in [0.15, 0.2) is 5.84 Å². The van der Waals surface area contributed by atoms with Crippen LogP contribution in [0.1, 0.15) is 36.8 Å². The van der Waals surface area contributed by atoms with Crippen LogP contribution in [0.25, 0.3) is 0 Å². The monoisotopic (exact) mass is 301 g/mol. The lowest BCUT2D eigenvalue weighted by Crippen LogP contribution is -2.31. The van der Waals surface area contributed by atoms with Gasteiger partial charge < -0.3 is 15.8 Å². The number of benzene rings is 1. The molecule has 0 amide bonds. The molecule has 7 heteroatoms. The summed E-state index contributed by atoms with van der Waals surface area (Å²) in [5, 5.41) is 11.7. The molecule has 1 aliphatic rings. The van der Waals surface area contributed by atoms with E-state index < -0.39 is 11.7 Å². The maximum absolute atomic E-state index is 12.8. The summed E-state index contributed by atoms with van der Waals surface area (Å²) in [6.07, 6.45) is -0.266. The standard InChI is InChI=1S/C14H18F3N3O/c1-20(10-4-2-3-5-10)12-7-6-9(14(15,16)17)8-11(12)13(18)19-21/h6-8,10,21H,2-5H2,1H3,(H2,18,19). The number of hydrogen-bond acceptors (Lipinski definition) is 3. The minimum atomic E-state index is -4.46. The van der Waals surface area contributed by atoms with Crippen molar-refractivity contribution in [1.82, 2.24) is 0 Å². The lowest BCUT2D eigenvalue weighted by Gasteiger charge is -2.29. The zero-order chi connectivity index (χ0) is 15.6. The molecule has 1 aromatic rings. The predicted molar refractivity (Wildman–Crippen MR) is 74.6 cm³/mol. The molecule has 0 heterocycles. The van der Waals surface area contributed by atoms with Crippen molar-refractivity contribution in [2.24, 2.45) is 10.9 Å². The maximum Gasteiger partial charge on any atom is 0.416 e. The Kier molecular flexibility index (Phi) is 4.29. The Hall–Kier alpha value is -1.92. The third-order valence-electron chi connectivity index (χ3n) is 3.96. The van der Waals surface area contributed by atoms with Crippen LogP contribution in [0.4, 0.5) is 18.9 Å². The van der Waals surface area contributed by atoms with Crippen LogP contribution in [0.3, 0.4) is 0 Å². The Morgan fingerprint density at radius 3 is 2.48 bits per heavy atom. The molecule has 2 rings (SSSR count). The van der Waals surface area contributed by atoms with E-state index in [0.29, 0.717) is 5.69 Å². The van der Waals surface area contributed by atoms with Crippen LogP contribution in [0, 0.1) is 0 Å². The van der Waals surface area contributed by atoms with Gasteiger partial charge in [-0.3, -0.25) is 0 Å². The number of hydrogen-bond donors (Lipinski definition) is 2. The first-order valence-electron chi connectivity index (χ1n) is 6.76. The van der Waals surface area contributed by atoms with Crippen molar-refractivity contribution in [3.8, 4) is 0 Å². The molecular weight excluding hydrogens is 283 g/mol. The summed E-state index contributed by atoms with van der Waals surface area (Å²) < 4.78 is 38.4. The minimum Gasteiger partial charge on any atom is -0.409 e. The van der Waals surface area contributed by atoms with Gasteiger partial charge in [0, 0.05) is 24.3 Å². The first kappa shape index (κ1) is 15.5. The SMILES string of the molecule is CN(c1ccc(C(F)(F)F)cc1/C(N)=N/O)C1CCCC1. The van der Waals surface area contributed by atoms with Gasteiger partial charge in [0.1, 0.15) is 0 Å². The van der Waals surface area contributed by atoms with Crippen LogP contribution in [-0.4, -0.2) is 24.1 Å². The van der Waals surface area contributed by atoms with E-state index >= 15 is 0 Å². The fraction of sp³-hybridized carbons (Fsp3) is 0.500. The summed E-state index contributed by atoms with van der Waals surface area (Å²) in [6, 6.07) is 3.60. The highest BCUT2D eigenvalue weighted by Crippen LogP contribution is 2.34. The zero-order valence-electron chi connectivity index (χ0n) is 11.7. The van der Waals surface area contributed by atoms with Gasteiger partial charge in [0.2, 0.25) is 0 Å². The highest BCUT2D eigenvalue weighted by molar-refractivity contribution is 6.02. The van der Waals surface area contributed by atoms with Crippen LogP contribution in [0.2, 0.25) is 0 Å². The maximum atomic E-state index is 12.8. The Morgan fingerprint density at radius 1 is 1.33 bits per heavy atom. The van der Waals surface area contributed by atoms with Crippen molar-refractivity contribution in [2.75, 3.05) is 11.9 Å². The third-order valence-corrected chi connectivity index (χ3v) is 3.96. The molecular formula is C14H18F3N3O. The van der Waals surface area contributed by atoms with Crippen LogP contribution >= 0.6 is 0 Å². The topological polar surface area (TPSA) is 61.8 Å². The Morgan fingerprint density at radius 2 is 1.95 bits per heavy atom. The fourth-order valence-corrected chi connectivity index (χ4v) is 2.77. The molecule has 0 aliphatic heterocycles. The highest BCUT2D eigenvalue weighted by Gasteiger charge is 2.32. The quantitative estimate of drug-likeness (QED) is 0.390. The molecule has 1 aliphatic carbocycles. The van der Waals surface area contributed by atoms with Gasteiger partial charge in [-0.1, -0.05) is 18.0 Å². The normalized spacial score (nSPS) is 17.2. The highest BCUT2D eigenvalue weighted by atomic mass is 19.4. The molecule has 0 spiro atoms. The molecule has 0 unspecified atom stereocenters. The molecule has 0 atom stereocenters. The molecule has 4 nitrogen and oxygen atoms in total. The van der Waals surface area contributed by atoms with Crippen LogP contribution < -0.4 is 10.6 Å². The van der Waals surface area contributed by atoms with Crippen molar-refractivity contribution >= 4 is 11.5 Å². The van der Waals surface area contributed by atoms with E-state index in [0.717, 1.165) is 37.8 Å². The van der Waals surface area contributed by atoms with Gasteiger partial charge in [-0.15, -0.1) is 0 Å². The molecule has 1 saturated carbocycles. The summed E-state index contributed by atoms with van der Waals surface area (Å²) in [7, 11) is 1.83. The first-order valence-corrected chi connectivity index (χ1v) is 6.76. The molecule has 0 bridgehead atoms. The van der Waals surface area contributed by atoms with E-state index in [1.54, 1.807) is 0 Å². The van der Waals surface area contributed by atoms with E-state index in [-0.39, 0.29) is 17.4 Å². The number of alkyl halides is 3. The van der Waals surface area contributed by atoms with Gasteiger partial charge in [-0.05, 0) is 31.0 Å². The number of rotatable bonds is 3. The van der Waals surface area contributed by atoms with Gasteiger partial charge in [0.05, 0.1) is 5.56 Å². The van der Waals surface area contributed by atoms with Crippen molar-refractivity contribution < 1.29 is 18.4 Å². The van der Waals surface area contributed by atoms with Gasteiger partial charge in [-0.2, -0.15) is 13.2 Å². The summed E-state index contributed by atoms with van der Waals surface area (Å²) in [5.74, 6) is -0.319. The Balaban J connectivity index is 2.44. The number of nitrogens with zero attached hydrogens (tertiary/aromatic N) is 2. The molecule has 1 fully saturated rings. The summed E-state index contributed by atoms with van der Waals surface area (Å²) in [6.45, 7) is 0. The van der Waals surface area contributed by atoms with E-state index in [1.807, 2.05) is 11.9 Å². The summed E-state index contributed by atoms with van der Waals surface area (Å²) >= 11 is 0. The smallest absolute Gasteiger partial charge is 0.409 e. The third kappa shape index (κ3) is 3.22. The van der Waals surface area contributed by atoms with Gasteiger partial charge in [-0.25, -0.2) is 0 Å². The lowest BCUT2D eigenvalue weighted by atomic mass is 10.0. The van der Waals surface area contributed by atoms with Gasteiger partial charge >= 0.3 is 6.18 Å². The minimum absolute atomic E-state index is 0.0988. The van der Waals surface area contributed by atoms with E-state index in [4.69, 9.17) is 10.9 Å². The predicted octanol–water partition coefficient (Wildman–Crippen LogP) is 3.18. The van der Waals surface area contributed by atoms with E-state index in [9.17, 15) is 13.2 Å². The van der Waals surface area contributed by atoms with Crippen molar-refractivity contribution in [2.45, 2.75) is 37.9 Å². The molecule has 0 radical (unpaired) electrons. The molecule has 116 valence electrons. The lowest BCUT2D eigenvalue weighted by molar-refractivity contribution is -0.137. The largest absolute Gasteiger partial charge is 0.416 e. The summed E-state index contributed by atoms with van der Waals surface area (Å²) in [4.78, 5) is 1.92. The molecule has 1 aromatic carbocycles. The zero-order valence-corrected chi connectivity index (χ0v) is 11.7. The van der Waals surface area contributed by atoms with Crippen molar-refractivity contribution in [3.63, 3.8) is 0 Å². The number of oxime groups is 1. The second-order valence-corrected chi connectivity index (χ2v) is 5.26. The first-order chi connectivity index (χ1) is 9.84. The molecule has 0 saturated heterocycles. The molecule has 0 aromatic heterocycles. The number of nitrogens with two attached hydrogens (primary N) is 1. The van der Waals surface area contributed by atoms with Crippen molar-refractivity contribution in [1.29, 1.82) is 0 Å².